The van der Waals surface area contributed by atoms with Gasteiger partial charge in [-0.25, -0.2) is 4.68 Å². The molecule has 0 aliphatic rings. The molecule has 94 valence electrons. The summed E-state index contributed by atoms with van der Waals surface area (Å²) in [6.07, 6.45) is 0. The number of methoxy groups -OCH3 is 1. The molecule has 1 aromatic carbocycles. The van der Waals surface area contributed by atoms with E-state index >= 15 is 0 Å². The van der Waals surface area contributed by atoms with Crippen molar-refractivity contribution >= 4 is 17.5 Å². The van der Waals surface area contributed by atoms with Crippen molar-refractivity contribution < 1.29 is 4.74 Å². The summed E-state index contributed by atoms with van der Waals surface area (Å²) in [7, 11) is 3.25. The van der Waals surface area contributed by atoms with Gasteiger partial charge in [0.1, 0.15) is 5.75 Å². The molecule has 0 aliphatic carbocycles. The number of nitrogens with one attached hydrogen (secondary N) is 2. The van der Waals surface area contributed by atoms with E-state index in [9.17, 15) is 0 Å². The summed E-state index contributed by atoms with van der Waals surface area (Å²) in [4.78, 5) is 3.99. The van der Waals surface area contributed by atoms with Gasteiger partial charge in [0.25, 0.3) is 0 Å². The molecule has 0 fully saturated rings. The average Bonchev–Trinajstić information content (AvgIpc) is 2.37. The zero-order valence-corrected chi connectivity index (χ0v) is 10.1. The molecule has 2 aromatic rings. The van der Waals surface area contributed by atoms with Gasteiger partial charge >= 0.3 is 0 Å². The number of anilines is 3. The first-order valence-electron chi connectivity index (χ1n) is 5.26. The molecule has 4 N–H and O–H groups in total. The second kappa shape index (κ2) is 4.74. The monoisotopic (exact) mass is 246 g/mol. The number of nitrogens with two attached hydrogens (primary N) is 1. The molecule has 0 atom stereocenters. The van der Waals surface area contributed by atoms with Crippen molar-refractivity contribution in [3.63, 3.8) is 0 Å². The summed E-state index contributed by atoms with van der Waals surface area (Å²) in [6, 6.07) is 7.33. The molecule has 1 heterocycles. The minimum Gasteiger partial charge on any atom is -0.497 e. The highest BCUT2D eigenvalue weighted by molar-refractivity contribution is 5.54. The van der Waals surface area contributed by atoms with Gasteiger partial charge in [-0.15, -0.1) is 5.10 Å². The van der Waals surface area contributed by atoms with Crippen LogP contribution in [0.5, 0.6) is 5.75 Å². The molecule has 7 heteroatoms. The Bertz CT molecular complexity index is 578. The van der Waals surface area contributed by atoms with Gasteiger partial charge in [-0.2, -0.15) is 4.98 Å². The maximum Gasteiger partial charge on any atom is 0.247 e. The Morgan fingerprint density at radius 2 is 2.00 bits per heavy atom. The topological polar surface area (TPSA) is 102 Å². The Labute approximate surface area is 104 Å². The molecule has 18 heavy (non-hydrogen) atoms. The molecule has 0 saturated carbocycles. The highest BCUT2D eigenvalue weighted by atomic mass is 16.5. The van der Waals surface area contributed by atoms with Crippen molar-refractivity contribution in [2.75, 3.05) is 18.2 Å². The van der Waals surface area contributed by atoms with Crippen LogP contribution in [-0.2, 0) is 7.05 Å². The maximum atomic E-state index is 7.54. The van der Waals surface area contributed by atoms with E-state index in [0.29, 0.717) is 5.95 Å². The van der Waals surface area contributed by atoms with Crippen LogP contribution in [0.25, 0.3) is 0 Å². The zero-order chi connectivity index (χ0) is 13.1. The van der Waals surface area contributed by atoms with Crippen molar-refractivity contribution in [3.8, 4) is 5.75 Å². The molecular formula is C11H14N6O. The van der Waals surface area contributed by atoms with Crippen LogP contribution in [0.15, 0.2) is 24.3 Å². The lowest BCUT2D eigenvalue weighted by Gasteiger charge is -2.08. The third-order valence-electron chi connectivity index (χ3n) is 2.38. The van der Waals surface area contributed by atoms with Gasteiger partial charge in [0.15, 0.2) is 11.3 Å². The second-order valence-corrected chi connectivity index (χ2v) is 3.65. The number of nitrogen functional groups attached to an aromatic ring is 1. The number of ether oxygens (including phenoxy) is 1. The van der Waals surface area contributed by atoms with E-state index < -0.39 is 0 Å². The number of benzene rings is 1. The fraction of sp³-hybridized carbons (Fsp3) is 0.182. The van der Waals surface area contributed by atoms with Crippen molar-refractivity contribution in [2.24, 2.45) is 7.05 Å². The lowest BCUT2D eigenvalue weighted by atomic mass is 10.3. The molecule has 0 amide bonds. The molecule has 0 radical (unpaired) electrons. The van der Waals surface area contributed by atoms with E-state index in [-0.39, 0.29) is 11.3 Å². The van der Waals surface area contributed by atoms with E-state index in [4.69, 9.17) is 15.9 Å². The van der Waals surface area contributed by atoms with Crippen LogP contribution in [0.4, 0.5) is 17.5 Å². The summed E-state index contributed by atoms with van der Waals surface area (Å²) < 4.78 is 6.42. The van der Waals surface area contributed by atoms with Crippen LogP contribution in [0.2, 0.25) is 0 Å². The molecule has 0 aliphatic heterocycles. The number of hydrogen-bond acceptors (Lipinski definition) is 6. The van der Waals surface area contributed by atoms with Crippen molar-refractivity contribution in [1.29, 1.82) is 5.41 Å². The van der Waals surface area contributed by atoms with Crippen LogP contribution in [0.1, 0.15) is 0 Å². The Hall–Kier alpha value is -2.57. The first kappa shape index (κ1) is 11.9. The van der Waals surface area contributed by atoms with Crippen molar-refractivity contribution in [1.82, 2.24) is 14.8 Å². The zero-order valence-electron chi connectivity index (χ0n) is 10.1. The second-order valence-electron chi connectivity index (χ2n) is 3.65. The molecule has 0 spiro atoms. The quantitative estimate of drug-likeness (QED) is 0.737. The van der Waals surface area contributed by atoms with Crippen LogP contribution in [0.3, 0.4) is 0 Å². The molecule has 2 rings (SSSR count). The highest BCUT2D eigenvalue weighted by Crippen LogP contribution is 2.17. The molecule has 7 nitrogen and oxygen atoms in total. The average molecular weight is 246 g/mol. The minimum atomic E-state index is 0.0790. The molecule has 0 unspecified atom stereocenters. The van der Waals surface area contributed by atoms with E-state index in [1.54, 1.807) is 14.2 Å². The third kappa shape index (κ3) is 2.40. The Balaban J connectivity index is 2.25. The number of hydrogen-bond donors (Lipinski definition) is 3. The van der Waals surface area contributed by atoms with Crippen LogP contribution < -0.4 is 21.3 Å². The molecular weight excluding hydrogens is 232 g/mol. The maximum absolute atomic E-state index is 7.54. The van der Waals surface area contributed by atoms with E-state index in [1.807, 2.05) is 24.3 Å². The van der Waals surface area contributed by atoms with Gasteiger partial charge in [-0.3, -0.25) is 5.41 Å². The minimum absolute atomic E-state index is 0.0790. The van der Waals surface area contributed by atoms with Gasteiger partial charge in [-0.05, 0) is 24.3 Å². The highest BCUT2D eigenvalue weighted by Gasteiger charge is 2.03. The Morgan fingerprint density at radius 3 is 2.56 bits per heavy atom. The predicted octanol–water partition coefficient (Wildman–Crippen LogP) is 0.629. The first-order chi connectivity index (χ1) is 8.60. The van der Waals surface area contributed by atoms with Crippen LogP contribution in [0, 0.1) is 5.41 Å². The van der Waals surface area contributed by atoms with Gasteiger partial charge in [-0.1, -0.05) is 0 Å². The molecule has 1 aromatic heterocycles. The van der Waals surface area contributed by atoms with Crippen molar-refractivity contribution in [2.45, 2.75) is 0 Å². The normalized spacial score (nSPS) is 10.1. The van der Waals surface area contributed by atoms with Gasteiger partial charge in [0, 0.05) is 12.7 Å². The standard InChI is InChI=1S/C11H14N6O/c1-17-10(13)9(12)15-11(16-17)14-7-3-5-8(18-2)6-4-7/h3-6,13H,1-2H3,(H3,12,14,15,16). The van der Waals surface area contributed by atoms with E-state index in [1.165, 1.54) is 4.68 Å². The lowest BCUT2D eigenvalue weighted by Crippen LogP contribution is -2.25. The SMILES string of the molecule is COc1ccc(Nc2nc(N)c(=N)n(C)n2)cc1. The molecule has 0 saturated heterocycles. The number of rotatable bonds is 3. The Morgan fingerprint density at radius 1 is 1.33 bits per heavy atom. The van der Waals surface area contributed by atoms with Crippen LogP contribution in [-0.4, -0.2) is 21.9 Å². The summed E-state index contributed by atoms with van der Waals surface area (Å²) in [5.74, 6) is 1.24. The number of aryl methyl sites for hydroxylation is 1. The third-order valence-corrected chi connectivity index (χ3v) is 2.38. The van der Waals surface area contributed by atoms with Gasteiger partial charge in [0.2, 0.25) is 5.95 Å². The Kier molecular flexibility index (Phi) is 3.13. The van der Waals surface area contributed by atoms with Crippen LogP contribution >= 0.6 is 0 Å². The fourth-order valence-corrected chi connectivity index (χ4v) is 1.40. The van der Waals surface area contributed by atoms with E-state index in [0.717, 1.165) is 11.4 Å². The first-order valence-corrected chi connectivity index (χ1v) is 5.26. The summed E-state index contributed by atoms with van der Waals surface area (Å²) >= 11 is 0. The largest absolute Gasteiger partial charge is 0.497 e. The van der Waals surface area contributed by atoms with Gasteiger partial charge < -0.3 is 15.8 Å². The fourth-order valence-electron chi connectivity index (χ4n) is 1.40. The summed E-state index contributed by atoms with van der Waals surface area (Å²) in [6.45, 7) is 0. The van der Waals surface area contributed by atoms with Crippen molar-refractivity contribution in [3.05, 3.63) is 29.8 Å². The summed E-state index contributed by atoms with van der Waals surface area (Å²) in [5, 5.41) is 14.6. The predicted molar refractivity (Wildman–Crippen MR) is 67.5 cm³/mol. The number of aromatic nitrogens is 3. The number of nitrogens with zero attached hydrogens (tertiary/aromatic N) is 3. The molecule has 0 bridgehead atoms. The smallest absolute Gasteiger partial charge is 0.247 e. The van der Waals surface area contributed by atoms with Gasteiger partial charge in [0.05, 0.1) is 7.11 Å². The summed E-state index contributed by atoms with van der Waals surface area (Å²) in [5.41, 5.74) is 6.49. The van der Waals surface area contributed by atoms with E-state index in [2.05, 4.69) is 15.4 Å². The lowest BCUT2D eigenvalue weighted by molar-refractivity contribution is 0.415.